The predicted molar refractivity (Wildman–Crippen MR) is 74.2 cm³/mol. The number of nitrogens with zero attached hydrogens (tertiary/aromatic N) is 6. The predicted octanol–water partition coefficient (Wildman–Crippen LogP) is 0.753. The van der Waals surface area contributed by atoms with Gasteiger partial charge in [-0.15, -0.1) is 10.2 Å². The summed E-state index contributed by atoms with van der Waals surface area (Å²) < 4.78 is 15.9. The van der Waals surface area contributed by atoms with Crippen molar-refractivity contribution in [1.82, 2.24) is 29.5 Å². The molecule has 0 radical (unpaired) electrons. The van der Waals surface area contributed by atoms with Crippen LogP contribution in [-0.4, -0.2) is 33.7 Å². The second-order valence-electron chi connectivity index (χ2n) is 5.05. The molecule has 1 aliphatic rings. The summed E-state index contributed by atoms with van der Waals surface area (Å²) in [6, 6.07) is 0. The molecule has 2 heterocycles. The molecule has 2 aromatic rings. The SMILES string of the molecule is CCn1cnnc1CS(=O)Cc1nc(C2CC2)nn1C. The van der Waals surface area contributed by atoms with E-state index in [0.717, 1.165) is 24.0 Å². The Kier molecular flexibility index (Phi) is 3.64. The minimum atomic E-state index is -1.05. The van der Waals surface area contributed by atoms with E-state index in [0.29, 0.717) is 17.4 Å². The van der Waals surface area contributed by atoms with Gasteiger partial charge in [-0.2, -0.15) is 5.10 Å². The second kappa shape index (κ2) is 5.43. The normalized spacial score (nSPS) is 16.5. The summed E-state index contributed by atoms with van der Waals surface area (Å²) in [6.07, 6.45) is 4.01. The van der Waals surface area contributed by atoms with Crippen LogP contribution in [0.3, 0.4) is 0 Å². The van der Waals surface area contributed by atoms with Crippen molar-refractivity contribution < 1.29 is 4.21 Å². The summed E-state index contributed by atoms with van der Waals surface area (Å²) in [5.74, 6) is 3.78. The lowest BCUT2D eigenvalue weighted by molar-refractivity contribution is 0.666. The van der Waals surface area contributed by atoms with Gasteiger partial charge in [-0.1, -0.05) is 0 Å². The fourth-order valence-corrected chi connectivity index (χ4v) is 3.23. The Bertz CT molecular complexity index is 630. The molecule has 0 N–H and O–H groups in total. The monoisotopic (exact) mass is 294 g/mol. The van der Waals surface area contributed by atoms with Crippen LogP contribution in [0.5, 0.6) is 0 Å². The zero-order chi connectivity index (χ0) is 14.1. The van der Waals surface area contributed by atoms with Crippen LogP contribution >= 0.6 is 0 Å². The van der Waals surface area contributed by atoms with Gasteiger partial charge in [0.05, 0.1) is 11.5 Å². The molecule has 20 heavy (non-hydrogen) atoms. The molecule has 1 atom stereocenters. The van der Waals surface area contributed by atoms with Gasteiger partial charge < -0.3 is 4.57 Å². The zero-order valence-corrected chi connectivity index (χ0v) is 12.5. The molecule has 1 fully saturated rings. The van der Waals surface area contributed by atoms with Gasteiger partial charge in [0.2, 0.25) is 0 Å². The third-order valence-corrected chi connectivity index (χ3v) is 4.59. The molecule has 2 aromatic heterocycles. The molecule has 3 rings (SSSR count). The summed E-state index contributed by atoms with van der Waals surface area (Å²) in [5, 5.41) is 12.3. The largest absolute Gasteiger partial charge is 0.317 e. The first-order valence-corrected chi connectivity index (χ1v) is 8.27. The van der Waals surface area contributed by atoms with Crippen LogP contribution in [-0.2, 0) is 35.9 Å². The molecule has 0 bridgehead atoms. The Hall–Kier alpha value is -1.57. The second-order valence-corrected chi connectivity index (χ2v) is 6.50. The summed E-state index contributed by atoms with van der Waals surface area (Å²) >= 11 is 0. The maximum atomic E-state index is 12.2. The Balaban J connectivity index is 1.66. The van der Waals surface area contributed by atoms with Crippen molar-refractivity contribution in [1.29, 1.82) is 0 Å². The van der Waals surface area contributed by atoms with Gasteiger partial charge in [0, 0.05) is 30.3 Å². The van der Waals surface area contributed by atoms with Gasteiger partial charge in [-0.3, -0.25) is 8.89 Å². The van der Waals surface area contributed by atoms with Crippen LogP contribution in [0.2, 0.25) is 0 Å². The molecule has 0 saturated heterocycles. The smallest absolute Gasteiger partial charge is 0.154 e. The number of aromatic nitrogens is 6. The van der Waals surface area contributed by atoms with Crippen LogP contribution in [0.15, 0.2) is 6.33 Å². The van der Waals surface area contributed by atoms with E-state index in [4.69, 9.17) is 0 Å². The van der Waals surface area contributed by atoms with E-state index < -0.39 is 10.8 Å². The molecule has 0 amide bonds. The molecule has 7 nitrogen and oxygen atoms in total. The van der Waals surface area contributed by atoms with Crippen LogP contribution in [0.25, 0.3) is 0 Å². The quantitative estimate of drug-likeness (QED) is 0.785. The van der Waals surface area contributed by atoms with Crippen molar-refractivity contribution in [2.24, 2.45) is 7.05 Å². The lowest BCUT2D eigenvalue weighted by atomic mass is 10.4. The van der Waals surface area contributed by atoms with E-state index in [1.807, 2.05) is 18.5 Å². The molecule has 0 spiro atoms. The van der Waals surface area contributed by atoms with Gasteiger partial charge >= 0.3 is 0 Å². The summed E-state index contributed by atoms with van der Waals surface area (Å²) in [4.78, 5) is 4.50. The molecular formula is C12H18N6OS. The minimum Gasteiger partial charge on any atom is -0.317 e. The summed E-state index contributed by atoms with van der Waals surface area (Å²) in [5.41, 5.74) is 0. The van der Waals surface area contributed by atoms with E-state index in [1.54, 1.807) is 11.0 Å². The van der Waals surface area contributed by atoms with Gasteiger partial charge in [-0.05, 0) is 19.8 Å². The van der Waals surface area contributed by atoms with Gasteiger partial charge in [0.1, 0.15) is 18.0 Å². The molecule has 1 aliphatic carbocycles. The van der Waals surface area contributed by atoms with Crippen LogP contribution in [0, 0.1) is 0 Å². The van der Waals surface area contributed by atoms with E-state index in [1.165, 1.54) is 12.8 Å². The topological polar surface area (TPSA) is 78.5 Å². The fraction of sp³-hybridized carbons (Fsp3) is 0.667. The first-order chi connectivity index (χ1) is 9.67. The number of hydrogen-bond acceptors (Lipinski definition) is 5. The van der Waals surface area contributed by atoms with E-state index in [2.05, 4.69) is 20.3 Å². The van der Waals surface area contributed by atoms with Crippen LogP contribution < -0.4 is 0 Å². The highest BCUT2D eigenvalue weighted by atomic mass is 32.2. The standard InChI is InChI=1S/C12H18N6OS/c1-3-18-8-13-15-11(18)7-20(19)6-10-14-12(9-4-5-9)16-17(10)2/h8-9H,3-7H2,1-2H3. The Morgan fingerprint density at radius 3 is 2.80 bits per heavy atom. The highest BCUT2D eigenvalue weighted by Gasteiger charge is 2.28. The third kappa shape index (κ3) is 2.79. The van der Waals surface area contributed by atoms with E-state index in [9.17, 15) is 4.21 Å². The number of hydrogen-bond donors (Lipinski definition) is 0. The molecule has 1 saturated carbocycles. The number of aryl methyl sites for hydroxylation is 2. The lowest BCUT2D eigenvalue weighted by Crippen LogP contribution is -2.09. The lowest BCUT2D eigenvalue weighted by Gasteiger charge is -2.03. The minimum absolute atomic E-state index is 0.402. The van der Waals surface area contributed by atoms with E-state index in [-0.39, 0.29) is 0 Å². The zero-order valence-electron chi connectivity index (χ0n) is 11.7. The fourth-order valence-electron chi connectivity index (χ4n) is 2.07. The maximum Gasteiger partial charge on any atom is 0.154 e. The number of rotatable bonds is 6. The van der Waals surface area contributed by atoms with Crippen molar-refractivity contribution in [2.45, 2.75) is 43.7 Å². The first kappa shape index (κ1) is 13.4. The maximum absolute atomic E-state index is 12.2. The first-order valence-electron chi connectivity index (χ1n) is 6.78. The molecule has 1 unspecified atom stereocenters. The van der Waals surface area contributed by atoms with Gasteiger partial charge in [-0.25, -0.2) is 4.98 Å². The Morgan fingerprint density at radius 1 is 1.35 bits per heavy atom. The Morgan fingerprint density at radius 2 is 2.10 bits per heavy atom. The molecular weight excluding hydrogens is 276 g/mol. The third-order valence-electron chi connectivity index (χ3n) is 3.43. The summed E-state index contributed by atoms with van der Waals surface area (Å²) in [6.45, 7) is 2.80. The average molecular weight is 294 g/mol. The van der Waals surface area contributed by atoms with Crippen LogP contribution in [0.1, 0.15) is 43.2 Å². The van der Waals surface area contributed by atoms with Crippen molar-refractivity contribution >= 4 is 10.8 Å². The molecule has 108 valence electrons. The van der Waals surface area contributed by atoms with Crippen molar-refractivity contribution in [3.63, 3.8) is 0 Å². The highest BCUT2D eigenvalue weighted by Crippen LogP contribution is 2.38. The summed E-state index contributed by atoms with van der Waals surface area (Å²) in [7, 11) is 0.812. The molecule has 8 heteroatoms. The van der Waals surface area contributed by atoms with Gasteiger partial charge in [0.15, 0.2) is 5.82 Å². The van der Waals surface area contributed by atoms with Gasteiger partial charge in [0.25, 0.3) is 0 Å². The van der Waals surface area contributed by atoms with Crippen molar-refractivity contribution in [3.8, 4) is 0 Å². The molecule has 0 aromatic carbocycles. The van der Waals surface area contributed by atoms with Crippen molar-refractivity contribution in [3.05, 3.63) is 23.8 Å². The average Bonchev–Trinajstić information content (AvgIpc) is 3.08. The van der Waals surface area contributed by atoms with E-state index >= 15 is 0 Å². The van der Waals surface area contributed by atoms with Crippen LogP contribution in [0.4, 0.5) is 0 Å². The molecule has 0 aliphatic heterocycles. The van der Waals surface area contributed by atoms with Crippen molar-refractivity contribution in [2.75, 3.05) is 0 Å². The highest BCUT2D eigenvalue weighted by molar-refractivity contribution is 7.83. The Labute approximate surface area is 119 Å².